The van der Waals surface area contributed by atoms with Gasteiger partial charge in [0, 0.05) is 15.3 Å². The zero-order chi connectivity index (χ0) is 36.7. The SMILES string of the molecule is Cc1ccc(C2(O)O[C@H](CO[Si](C)(C)C)C(O[Si](C)(C)C)C(O[Si](C)(C)C)C2O[Si](C)(C)C)cc1C(O)c1ccc(-c2ccc(F)cc2)s1. The van der Waals surface area contributed by atoms with Crippen LogP contribution in [0.3, 0.4) is 0 Å². The van der Waals surface area contributed by atoms with Gasteiger partial charge < -0.3 is 32.7 Å². The second-order valence-corrected chi connectivity index (χ2v) is 36.0. The highest BCUT2D eigenvalue weighted by molar-refractivity contribution is 7.15. The summed E-state index contributed by atoms with van der Waals surface area (Å²) in [5.74, 6) is -2.23. The van der Waals surface area contributed by atoms with Crippen LogP contribution in [0.5, 0.6) is 0 Å². The van der Waals surface area contributed by atoms with Gasteiger partial charge in [0.25, 0.3) is 0 Å². The molecule has 0 bridgehead atoms. The van der Waals surface area contributed by atoms with E-state index in [-0.39, 0.29) is 12.4 Å². The largest absolute Gasteiger partial charge is 0.415 e. The summed E-state index contributed by atoms with van der Waals surface area (Å²) in [6, 6.07) is 15.8. The Morgan fingerprint density at radius 1 is 0.776 bits per heavy atom. The number of halogens is 1. The number of aliphatic hydroxyl groups excluding tert-OH is 1. The van der Waals surface area contributed by atoms with Crippen LogP contribution in [-0.2, 0) is 28.2 Å². The average molecular weight is 765 g/mol. The van der Waals surface area contributed by atoms with Gasteiger partial charge in [-0.2, -0.15) is 0 Å². The van der Waals surface area contributed by atoms with Crippen LogP contribution in [0.25, 0.3) is 10.4 Å². The van der Waals surface area contributed by atoms with Crippen molar-refractivity contribution in [3.63, 3.8) is 0 Å². The molecule has 49 heavy (non-hydrogen) atoms. The summed E-state index contributed by atoms with van der Waals surface area (Å²) in [6.07, 6.45) is -3.68. The fourth-order valence-corrected chi connectivity index (χ4v) is 10.8. The van der Waals surface area contributed by atoms with Crippen molar-refractivity contribution in [1.29, 1.82) is 0 Å². The van der Waals surface area contributed by atoms with Gasteiger partial charge in [-0.25, -0.2) is 4.39 Å². The molecule has 1 fully saturated rings. The minimum Gasteiger partial charge on any atom is -0.415 e. The molecule has 0 spiro atoms. The summed E-state index contributed by atoms with van der Waals surface area (Å²) < 4.78 is 47.6. The molecule has 5 unspecified atom stereocenters. The number of hydrogen-bond acceptors (Lipinski definition) is 8. The lowest BCUT2D eigenvalue weighted by atomic mass is 9.86. The minimum atomic E-state index is -2.32. The van der Waals surface area contributed by atoms with E-state index in [1.165, 1.54) is 23.5 Å². The maximum Gasteiger partial charge on any atom is 0.221 e. The molecule has 0 aliphatic carbocycles. The first-order chi connectivity index (χ1) is 22.4. The first-order valence-corrected chi connectivity index (χ1v) is 31.5. The van der Waals surface area contributed by atoms with Gasteiger partial charge in [-0.15, -0.1) is 11.3 Å². The number of rotatable bonds is 13. The fourth-order valence-electron chi connectivity index (χ4n) is 5.86. The molecule has 13 heteroatoms. The van der Waals surface area contributed by atoms with Gasteiger partial charge in [0.2, 0.25) is 5.79 Å². The molecule has 1 saturated heterocycles. The van der Waals surface area contributed by atoms with Gasteiger partial charge in [0.15, 0.2) is 33.3 Å². The third-order valence-corrected chi connectivity index (χ3v) is 13.0. The molecule has 1 aliphatic heterocycles. The predicted molar refractivity (Wildman–Crippen MR) is 208 cm³/mol. The van der Waals surface area contributed by atoms with Crippen LogP contribution in [0.15, 0.2) is 54.6 Å². The lowest BCUT2D eigenvalue weighted by Gasteiger charge is -2.54. The minimum absolute atomic E-state index is 0.237. The Morgan fingerprint density at radius 3 is 1.90 bits per heavy atom. The van der Waals surface area contributed by atoms with Gasteiger partial charge >= 0.3 is 0 Å². The average Bonchev–Trinajstić information content (AvgIpc) is 3.44. The van der Waals surface area contributed by atoms with Crippen molar-refractivity contribution in [3.8, 4) is 10.4 Å². The molecule has 3 aromatic rings. The highest BCUT2D eigenvalue weighted by Gasteiger charge is 2.59. The van der Waals surface area contributed by atoms with Crippen LogP contribution in [-0.4, -0.2) is 74.5 Å². The number of aryl methyl sites for hydroxylation is 1. The Hall–Kier alpha value is -1.34. The first kappa shape index (κ1) is 40.4. The number of thiophene rings is 1. The lowest BCUT2D eigenvalue weighted by molar-refractivity contribution is -0.348. The van der Waals surface area contributed by atoms with Crippen LogP contribution >= 0.6 is 11.3 Å². The highest BCUT2D eigenvalue weighted by Crippen LogP contribution is 2.45. The highest BCUT2D eigenvalue weighted by atomic mass is 32.1. The molecular weight excluding hydrogens is 708 g/mol. The quantitative estimate of drug-likeness (QED) is 0.168. The summed E-state index contributed by atoms with van der Waals surface area (Å²) in [4.78, 5) is 1.65. The molecule has 0 radical (unpaired) electrons. The standard InChI is InChI=1S/C36H57FO7SSi4/c1-24-14-17-26(22-28(24)32(38)31-21-20-30(45-31)25-15-18-27(37)19-16-25)36(39)35(44-49(11,12)13)34(43-48(8,9)10)33(42-47(5,6)7)29(41-36)23-40-46(2,3)4/h14-22,29,32-35,38-39H,23H2,1-13H3/t29-,32?,33?,34?,35?,36?/m1/s1. The van der Waals surface area contributed by atoms with Gasteiger partial charge in [0.1, 0.15) is 36.3 Å². The summed E-state index contributed by atoms with van der Waals surface area (Å²) >= 11 is 1.45. The van der Waals surface area contributed by atoms with Crippen molar-refractivity contribution < 1.29 is 37.0 Å². The van der Waals surface area contributed by atoms with E-state index >= 15 is 0 Å². The summed E-state index contributed by atoms with van der Waals surface area (Å²) in [5, 5.41) is 24.8. The zero-order valence-corrected chi connectivity index (χ0v) is 36.3. The monoisotopic (exact) mass is 764 g/mol. The molecule has 0 saturated carbocycles. The third-order valence-electron chi connectivity index (χ3n) is 7.86. The van der Waals surface area contributed by atoms with Crippen LogP contribution in [0.2, 0.25) is 78.6 Å². The second kappa shape index (κ2) is 15.0. The Bertz CT molecular complexity index is 1560. The molecule has 0 amide bonds. The Balaban J connectivity index is 1.85. The molecule has 4 rings (SSSR count). The summed E-state index contributed by atoms with van der Waals surface area (Å²) in [5.41, 5.74) is 2.86. The normalized spacial score (nSPS) is 24.7. The molecule has 2 aromatic carbocycles. The summed E-state index contributed by atoms with van der Waals surface area (Å²) in [6.45, 7) is 27.7. The lowest BCUT2D eigenvalue weighted by Crippen LogP contribution is -2.69. The number of aliphatic hydroxyl groups is 2. The van der Waals surface area contributed by atoms with E-state index < -0.39 is 69.6 Å². The van der Waals surface area contributed by atoms with Gasteiger partial charge in [-0.1, -0.05) is 24.3 Å². The third kappa shape index (κ3) is 10.8. The van der Waals surface area contributed by atoms with Crippen molar-refractivity contribution in [2.24, 2.45) is 0 Å². The Kier molecular flexibility index (Phi) is 12.3. The van der Waals surface area contributed by atoms with E-state index in [0.29, 0.717) is 11.1 Å². The van der Waals surface area contributed by atoms with Crippen molar-refractivity contribution in [3.05, 3.63) is 82.0 Å². The Morgan fingerprint density at radius 2 is 1.35 bits per heavy atom. The van der Waals surface area contributed by atoms with Crippen LogP contribution in [0, 0.1) is 12.7 Å². The molecule has 272 valence electrons. The Labute approximate surface area is 301 Å². The topological polar surface area (TPSA) is 86.6 Å². The van der Waals surface area contributed by atoms with Gasteiger partial charge in [-0.3, -0.25) is 0 Å². The number of benzene rings is 2. The molecule has 6 atom stereocenters. The molecule has 1 aliphatic rings. The molecule has 7 nitrogen and oxygen atoms in total. The summed E-state index contributed by atoms with van der Waals surface area (Å²) in [7, 11) is -8.69. The van der Waals surface area contributed by atoms with E-state index in [9.17, 15) is 14.6 Å². The first-order valence-electron chi connectivity index (χ1n) is 17.1. The van der Waals surface area contributed by atoms with Crippen LogP contribution in [0.4, 0.5) is 4.39 Å². The molecule has 1 aromatic heterocycles. The number of ether oxygens (including phenoxy) is 1. The van der Waals surface area contributed by atoms with Crippen molar-refractivity contribution in [2.75, 3.05) is 6.61 Å². The van der Waals surface area contributed by atoms with Crippen molar-refractivity contribution in [1.82, 2.24) is 0 Å². The van der Waals surface area contributed by atoms with Gasteiger partial charge in [0.05, 0.1) is 6.61 Å². The molecule has 2 N–H and O–H groups in total. The van der Waals surface area contributed by atoms with Crippen molar-refractivity contribution >= 4 is 44.6 Å². The van der Waals surface area contributed by atoms with E-state index in [4.69, 9.17) is 22.4 Å². The smallest absolute Gasteiger partial charge is 0.221 e. The van der Waals surface area contributed by atoms with E-state index in [1.807, 2.05) is 37.3 Å². The van der Waals surface area contributed by atoms with Crippen molar-refractivity contribution in [2.45, 2.75) is 122 Å². The van der Waals surface area contributed by atoms with E-state index in [1.54, 1.807) is 12.1 Å². The van der Waals surface area contributed by atoms with Crippen LogP contribution in [0.1, 0.15) is 27.7 Å². The van der Waals surface area contributed by atoms with E-state index in [2.05, 4.69) is 78.6 Å². The zero-order valence-electron chi connectivity index (χ0n) is 31.5. The van der Waals surface area contributed by atoms with Crippen LogP contribution < -0.4 is 0 Å². The fraction of sp³-hybridized carbons (Fsp3) is 0.556. The number of hydrogen-bond donors (Lipinski definition) is 2. The maximum absolute atomic E-state index is 13.6. The maximum atomic E-state index is 13.6. The second-order valence-electron chi connectivity index (χ2n) is 17.0. The van der Waals surface area contributed by atoms with Gasteiger partial charge in [-0.05, 0) is 133 Å². The predicted octanol–water partition coefficient (Wildman–Crippen LogP) is 9.00. The van der Waals surface area contributed by atoms with E-state index in [0.717, 1.165) is 20.9 Å². The molecular formula is C36H57FO7SSi4. The molecule has 2 heterocycles.